The predicted octanol–water partition coefficient (Wildman–Crippen LogP) is 1.35. The first-order chi connectivity index (χ1) is 13.3. The van der Waals surface area contributed by atoms with Crippen molar-refractivity contribution in [2.75, 3.05) is 26.9 Å². The number of likely N-dealkylation sites (tertiary alicyclic amines) is 1. The molecule has 2 heterocycles. The highest BCUT2D eigenvalue weighted by molar-refractivity contribution is 5.89. The number of aliphatic hydroxyl groups is 1. The molecule has 1 aromatic rings. The Hall–Kier alpha value is -2.13. The molecule has 2 unspecified atom stereocenters. The summed E-state index contributed by atoms with van der Waals surface area (Å²) in [6.07, 6.45) is -0.710. The number of ether oxygens (including phenoxy) is 3. The van der Waals surface area contributed by atoms with Crippen LogP contribution in [0.15, 0.2) is 10.6 Å². The Morgan fingerprint density at radius 3 is 2.71 bits per heavy atom. The van der Waals surface area contributed by atoms with E-state index in [0.717, 1.165) is 0 Å². The SMILES string of the molecule is CCOC(C)COc1cc(C(C(=O)N2C[C@H](O)C[C@H]2C(=O)OC)C(C)C)on1. The van der Waals surface area contributed by atoms with E-state index in [1.165, 1.54) is 12.0 Å². The van der Waals surface area contributed by atoms with Crippen molar-refractivity contribution in [2.45, 2.75) is 58.3 Å². The lowest BCUT2D eigenvalue weighted by Gasteiger charge is -2.27. The molecule has 0 radical (unpaired) electrons. The third-order valence-electron chi connectivity index (χ3n) is 4.70. The van der Waals surface area contributed by atoms with Crippen molar-refractivity contribution in [1.82, 2.24) is 10.1 Å². The molecule has 0 aromatic carbocycles. The minimum absolute atomic E-state index is 0.0746. The number of hydrogen-bond acceptors (Lipinski definition) is 8. The van der Waals surface area contributed by atoms with Crippen LogP contribution in [0.2, 0.25) is 0 Å². The quantitative estimate of drug-likeness (QED) is 0.621. The van der Waals surface area contributed by atoms with Crippen molar-refractivity contribution in [3.05, 3.63) is 11.8 Å². The van der Waals surface area contributed by atoms with Gasteiger partial charge in [-0.1, -0.05) is 13.8 Å². The third-order valence-corrected chi connectivity index (χ3v) is 4.70. The van der Waals surface area contributed by atoms with Crippen molar-refractivity contribution in [3.63, 3.8) is 0 Å². The van der Waals surface area contributed by atoms with Gasteiger partial charge in [0.15, 0.2) is 5.76 Å². The fourth-order valence-corrected chi connectivity index (χ4v) is 3.35. The van der Waals surface area contributed by atoms with E-state index in [2.05, 4.69) is 5.16 Å². The third kappa shape index (κ3) is 5.23. The van der Waals surface area contributed by atoms with Gasteiger partial charge in [0.2, 0.25) is 5.91 Å². The smallest absolute Gasteiger partial charge is 0.328 e. The molecule has 1 aliphatic heterocycles. The molecule has 9 nitrogen and oxygen atoms in total. The average Bonchev–Trinajstić information content (AvgIpc) is 3.26. The summed E-state index contributed by atoms with van der Waals surface area (Å²) in [6, 6.07) is 0.778. The first-order valence-corrected chi connectivity index (χ1v) is 9.55. The van der Waals surface area contributed by atoms with Gasteiger partial charge in [0, 0.05) is 25.6 Å². The van der Waals surface area contributed by atoms with Crippen molar-refractivity contribution in [1.29, 1.82) is 0 Å². The summed E-state index contributed by atoms with van der Waals surface area (Å²) in [7, 11) is 1.26. The van der Waals surface area contributed by atoms with E-state index in [9.17, 15) is 14.7 Å². The van der Waals surface area contributed by atoms with E-state index in [1.54, 1.807) is 6.07 Å². The van der Waals surface area contributed by atoms with E-state index in [0.29, 0.717) is 19.0 Å². The average molecular weight is 398 g/mol. The molecule has 4 atom stereocenters. The summed E-state index contributed by atoms with van der Waals surface area (Å²) < 4.78 is 21.1. The van der Waals surface area contributed by atoms with Crippen molar-refractivity contribution >= 4 is 11.9 Å². The number of β-amino-alcohol motifs (C(OH)–C–C–N with tert-alkyl or cyclic N) is 1. The first-order valence-electron chi connectivity index (χ1n) is 9.55. The second-order valence-electron chi connectivity index (χ2n) is 7.29. The standard InChI is InChI=1S/C19H30N2O7/c1-6-26-12(4)10-27-16-8-15(28-20-16)17(11(2)3)18(23)21-9-13(22)7-14(21)19(24)25-5/h8,11-14,17,22H,6-7,9-10H2,1-5H3/t12?,13-,14+,17?/m1/s1. The van der Waals surface area contributed by atoms with Crippen LogP contribution in [0.1, 0.15) is 45.8 Å². The highest BCUT2D eigenvalue weighted by Crippen LogP contribution is 2.32. The summed E-state index contributed by atoms with van der Waals surface area (Å²) in [5.41, 5.74) is 0. The lowest BCUT2D eigenvalue weighted by molar-refractivity contribution is -0.152. The van der Waals surface area contributed by atoms with E-state index >= 15 is 0 Å². The molecule has 158 valence electrons. The van der Waals surface area contributed by atoms with E-state index < -0.39 is 24.0 Å². The fraction of sp³-hybridized carbons (Fsp3) is 0.737. The molecule has 1 amide bonds. The minimum Gasteiger partial charge on any atom is -0.473 e. The summed E-state index contributed by atoms with van der Waals surface area (Å²) in [5, 5.41) is 13.8. The molecular weight excluding hydrogens is 368 g/mol. The van der Waals surface area contributed by atoms with Crippen molar-refractivity contribution < 1.29 is 33.4 Å². The van der Waals surface area contributed by atoms with E-state index in [1.807, 2.05) is 27.7 Å². The Morgan fingerprint density at radius 2 is 2.11 bits per heavy atom. The lowest BCUT2D eigenvalue weighted by atomic mass is 9.91. The second-order valence-corrected chi connectivity index (χ2v) is 7.29. The largest absolute Gasteiger partial charge is 0.473 e. The molecule has 0 bridgehead atoms. The molecule has 9 heteroatoms. The number of aromatic nitrogens is 1. The first kappa shape index (κ1) is 22.2. The van der Waals surface area contributed by atoms with Crippen LogP contribution in [0.25, 0.3) is 0 Å². The zero-order valence-corrected chi connectivity index (χ0v) is 17.1. The van der Waals surface area contributed by atoms with Gasteiger partial charge < -0.3 is 28.7 Å². The molecule has 28 heavy (non-hydrogen) atoms. The molecule has 0 spiro atoms. The molecule has 1 fully saturated rings. The molecule has 2 rings (SSSR count). The van der Waals surface area contributed by atoms with Gasteiger partial charge in [-0.2, -0.15) is 0 Å². The van der Waals surface area contributed by atoms with Crippen LogP contribution in [0.3, 0.4) is 0 Å². The zero-order valence-electron chi connectivity index (χ0n) is 17.1. The summed E-state index contributed by atoms with van der Waals surface area (Å²) in [4.78, 5) is 26.6. The Labute approximate surface area is 164 Å². The maximum absolute atomic E-state index is 13.2. The number of esters is 1. The molecular formula is C19H30N2O7. The summed E-state index contributed by atoms with van der Waals surface area (Å²) in [5.74, 6) is -1.01. The number of carbonyl (C=O) groups is 2. The Morgan fingerprint density at radius 1 is 1.39 bits per heavy atom. The Balaban J connectivity index is 2.14. The number of carbonyl (C=O) groups excluding carboxylic acids is 2. The minimum atomic E-state index is -0.806. The lowest BCUT2D eigenvalue weighted by Crippen LogP contribution is -2.44. The molecule has 1 aliphatic rings. The van der Waals surface area contributed by atoms with Crippen LogP contribution in [-0.2, 0) is 19.1 Å². The van der Waals surface area contributed by atoms with Crippen LogP contribution in [0, 0.1) is 5.92 Å². The van der Waals surface area contributed by atoms with Gasteiger partial charge in [-0.15, -0.1) is 0 Å². The van der Waals surface area contributed by atoms with Crippen molar-refractivity contribution in [2.24, 2.45) is 5.92 Å². The van der Waals surface area contributed by atoms with Gasteiger partial charge in [-0.05, 0) is 24.9 Å². The molecule has 0 saturated carbocycles. The maximum Gasteiger partial charge on any atom is 0.328 e. The molecule has 1 saturated heterocycles. The van der Waals surface area contributed by atoms with Crippen LogP contribution in [0.4, 0.5) is 0 Å². The topological polar surface area (TPSA) is 111 Å². The number of aliphatic hydroxyl groups excluding tert-OH is 1. The fourth-order valence-electron chi connectivity index (χ4n) is 3.35. The molecule has 1 aromatic heterocycles. The number of nitrogens with zero attached hydrogens (tertiary/aromatic N) is 2. The second kappa shape index (κ2) is 9.88. The van der Waals surface area contributed by atoms with Gasteiger partial charge in [0.05, 0.1) is 19.3 Å². The van der Waals surface area contributed by atoms with Crippen LogP contribution in [-0.4, -0.2) is 72.2 Å². The van der Waals surface area contributed by atoms with Crippen molar-refractivity contribution in [3.8, 4) is 5.88 Å². The summed E-state index contributed by atoms with van der Waals surface area (Å²) >= 11 is 0. The van der Waals surface area contributed by atoms with Gasteiger partial charge in [-0.3, -0.25) is 4.79 Å². The summed E-state index contributed by atoms with van der Waals surface area (Å²) in [6.45, 7) is 8.51. The van der Waals surface area contributed by atoms with Crippen LogP contribution >= 0.6 is 0 Å². The van der Waals surface area contributed by atoms with E-state index in [-0.39, 0.29) is 36.8 Å². The normalized spacial score (nSPS) is 21.6. The van der Waals surface area contributed by atoms with Crippen LogP contribution < -0.4 is 4.74 Å². The molecule has 1 N–H and O–H groups in total. The Bertz CT molecular complexity index is 660. The van der Waals surface area contributed by atoms with E-state index in [4.69, 9.17) is 18.7 Å². The molecule has 0 aliphatic carbocycles. The maximum atomic E-state index is 13.2. The van der Waals surface area contributed by atoms with Crippen LogP contribution in [0.5, 0.6) is 5.88 Å². The highest BCUT2D eigenvalue weighted by Gasteiger charge is 2.43. The number of methoxy groups -OCH3 is 1. The van der Waals surface area contributed by atoms with Gasteiger partial charge >= 0.3 is 5.97 Å². The van der Waals surface area contributed by atoms with Gasteiger partial charge in [0.25, 0.3) is 5.88 Å². The highest BCUT2D eigenvalue weighted by atomic mass is 16.6. The monoisotopic (exact) mass is 398 g/mol. The number of amides is 1. The number of rotatable bonds is 9. The Kier molecular flexibility index (Phi) is 7.82. The van der Waals surface area contributed by atoms with Gasteiger partial charge in [0.1, 0.15) is 18.6 Å². The predicted molar refractivity (Wildman–Crippen MR) is 98.8 cm³/mol. The van der Waals surface area contributed by atoms with Gasteiger partial charge in [-0.25, -0.2) is 4.79 Å². The number of hydrogen-bond donors (Lipinski definition) is 1. The zero-order chi connectivity index (χ0) is 20.8.